The zero-order valence-electron chi connectivity index (χ0n) is 11.5. The van der Waals surface area contributed by atoms with E-state index >= 15 is 0 Å². The third kappa shape index (κ3) is 6.08. The predicted molar refractivity (Wildman–Crippen MR) is 69.7 cm³/mol. The van der Waals surface area contributed by atoms with E-state index in [2.05, 4.69) is 9.47 Å². The molecule has 1 aromatic carbocycles. The van der Waals surface area contributed by atoms with Crippen LogP contribution in [0.3, 0.4) is 0 Å². The van der Waals surface area contributed by atoms with Crippen molar-refractivity contribution in [3.8, 4) is 5.75 Å². The summed E-state index contributed by atoms with van der Waals surface area (Å²) in [5.41, 5.74) is -0.323. The van der Waals surface area contributed by atoms with Gasteiger partial charge in [-0.05, 0) is 18.2 Å². The molecule has 0 saturated heterocycles. The SMILES string of the molecule is CC(=N)OC(=N)CC(O)c1cc(OCC(F)(F)F)ccc1F. The van der Waals surface area contributed by atoms with Gasteiger partial charge < -0.3 is 14.6 Å². The van der Waals surface area contributed by atoms with Crippen molar-refractivity contribution in [2.75, 3.05) is 6.61 Å². The van der Waals surface area contributed by atoms with Gasteiger partial charge in [0.2, 0.25) is 0 Å². The van der Waals surface area contributed by atoms with Crippen LogP contribution in [-0.2, 0) is 4.74 Å². The fraction of sp³-hybridized carbons (Fsp3) is 0.385. The minimum Gasteiger partial charge on any atom is -0.484 e. The molecule has 22 heavy (non-hydrogen) atoms. The topological polar surface area (TPSA) is 86.4 Å². The second-order valence-electron chi connectivity index (χ2n) is 4.39. The Hall–Kier alpha value is -2.16. The van der Waals surface area contributed by atoms with E-state index in [0.717, 1.165) is 18.2 Å². The van der Waals surface area contributed by atoms with Gasteiger partial charge in [0.25, 0.3) is 0 Å². The van der Waals surface area contributed by atoms with Crippen LogP contribution >= 0.6 is 0 Å². The average molecular weight is 322 g/mol. The molecule has 0 bridgehead atoms. The molecule has 0 aliphatic heterocycles. The monoisotopic (exact) mass is 322 g/mol. The first-order valence-electron chi connectivity index (χ1n) is 6.06. The lowest BCUT2D eigenvalue weighted by atomic mass is 10.1. The summed E-state index contributed by atoms with van der Waals surface area (Å²) < 4.78 is 58.9. The Morgan fingerprint density at radius 3 is 2.50 bits per heavy atom. The number of alkyl halides is 3. The van der Waals surface area contributed by atoms with Gasteiger partial charge in [0, 0.05) is 12.5 Å². The van der Waals surface area contributed by atoms with Crippen LogP contribution in [0.15, 0.2) is 18.2 Å². The molecule has 0 aliphatic carbocycles. The van der Waals surface area contributed by atoms with Gasteiger partial charge in [0.15, 0.2) is 18.4 Å². The van der Waals surface area contributed by atoms with Crippen LogP contribution in [0.1, 0.15) is 25.0 Å². The van der Waals surface area contributed by atoms with E-state index in [1.165, 1.54) is 6.92 Å². The van der Waals surface area contributed by atoms with E-state index in [4.69, 9.17) is 10.8 Å². The Morgan fingerprint density at radius 2 is 1.95 bits per heavy atom. The predicted octanol–water partition coefficient (Wildman–Crippen LogP) is 3.18. The largest absolute Gasteiger partial charge is 0.484 e. The molecule has 1 atom stereocenters. The van der Waals surface area contributed by atoms with Gasteiger partial charge in [-0.1, -0.05) is 0 Å². The quantitative estimate of drug-likeness (QED) is 0.442. The van der Waals surface area contributed by atoms with E-state index in [1.54, 1.807) is 0 Å². The third-order valence-corrected chi connectivity index (χ3v) is 2.38. The van der Waals surface area contributed by atoms with E-state index in [9.17, 15) is 22.7 Å². The van der Waals surface area contributed by atoms with Gasteiger partial charge in [0.1, 0.15) is 11.6 Å². The molecule has 0 spiro atoms. The molecule has 0 amide bonds. The summed E-state index contributed by atoms with van der Waals surface area (Å²) in [4.78, 5) is 0. The van der Waals surface area contributed by atoms with Gasteiger partial charge in [-0.3, -0.25) is 10.8 Å². The van der Waals surface area contributed by atoms with E-state index in [-0.39, 0.29) is 17.2 Å². The Kier molecular flexibility index (Phi) is 5.86. The van der Waals surface area contributed by atoms with Crippen LogP contribution in [0.25, 0.3) is 0 Å². The summed E-state index contributed by atoms with van der Waals surface area (Å²) in [6.45, 7) is -0.271. The van der Waals surface area contributed by atoms with Crippen molar-refractivity contribution in [3.05, 3.63) is 29.6 Å². The van der Waals surface area contributed by atoms with Crippen LogP contribution < -0.4 is 4.74 Å². The first kappa shape index (κ1) is 17.9. The highest BCUT2D eigenvalue weighted by Gasteiger charge is 2.28. The molecule has 9 heteroatoms. The minimum absolute atomic E-state index is 0.261. The number of benzene rings is 1. The van der Waals surface area contributed by atoms with Gasteiger partial charge >= 0.3 is 6.18 Å². The van der Waals surface area contributed by atoms with Gasteiger partial charge in [-0.15, -0.1) is 0 Å². The molecular weight excluding hydrogens is 308 g/mol. The van der Waals surface area contributed by atoms with Crippen LogP contribution in [-0.4, -0.2) is 29.7 Å². The molecule has 0 fully saturated rings. The number of ether oxygens (including phenoxy) is 2. The molecule has 122 valence electrons. The van der Waals surface area contributed by atoms with E-state index < -0.39 is 37.0 Å². The van der Waals surface area contributed by atoms with Gasteiger partial charge in [-0.2, -0.15) is 13.2 Å². The zero-order valence-corrected chi connectivity index (χ0v) is 11.5. The standard InChI is InChI=1S/C13H14F4N2O3/c1-7(18)22-12(19)5-11(20)9-4-8(2-3-10(9)14)21-6-13(15,16)17/h2-4,11,18-20H,5-6H2,1H3. The smallest absolute Gasteiger partial charge is 0.422 e. The number of aliphatic hydroxyl groups excluding tert-OH is 1. The normalized spacial score (nSPS) is 12.6. The van der Waals surface area contributed by atoms with Crippen molar-refractivity contribution in [3.63, 3.8) is 0 Å². The fourth-order valence-electron chi connectivity index (χ4n) is 1.54. The van der Waals surface area contributed by atoms with E-state index in [0.29, 0.717) is 0 Å². The van der Waals surface area contributed by atoms with Crippen LogP contribution in [0, 0.1) is 16.6 Å². The average Bonchev–Trinajstić information content (AvgIpc) is 2.35. The maximum Gasteiger partial charge on any atom is 0.422 e. The number of aliphatic hydroxyl groups is 1. The zero-order chi connectivity index (χ0) is 16.9. The molecule has 5 nitrogen and oxygen atoms in total. The Morgan fingerprint density at radius 1 is 1.32 bits per heavy atom. The maximum absolute atomic E-state index is 13.6. The lowest BCUT2D eigenvalue weighted by molar-refractivity contribution is -0.153. The summed E-state index contributed by atoms with van der Waals surface area (Å²) in [5, 5.41) is 24.2. The highest BCUT2D eigenvalue weighted by Crippen LogP contribution is 2.26. The van der Waals surface area contributed by atoms with Crippen molar-refractivity contribution >= 4 is 11.8 Å². The molecule has 0 saturated carbocycles. The lowest BCUT2D eigenvalue weighted by Gasteiger charge is -2.15. The van der Waals surface area contributed by atoms with Crippen LogP contribution in [0.2, 0.25) is 0 Å². The Balaban J connectivity index is 2.80. The number of rotatable bonds is 5. The second kappa shape index (κ2) is 7.21. The first-order valence-corrected chi connectivity index (χ1v) is 6.06. The molecule has 0 radical (unpaired) electrons. The summed E-state index contributed by atoms with van der Waals surface area (Å²) >= 11 is 0. The Labute approximate surface area is 123 Å². The number of hydrogen-bond acceptors (Lipinski definition) is 5. The molecule has 1 rings (SSSR count). The van der Waals surface area contributed by atoms with Gasteiger partial charge in [0.05, 0.1) is 12.5 Å². The molecular formula is C13H14F4N2O3. The summed E-state index contributed by atoms with van der Waals surface area (Å²) in [5.74, 6) is -1.87. The van der Waals surface area contributed by atoms with Crippen molar-refractivity contribution < 1.29 is 32.1 Å². The van der Waals surface area contributed by atoms with Crippen molar-refractivity contribution in [2.24, 2.45) is 0 Å². The molecule has 0 heterocycles. The Bertz CT molecular complexity index is 561. The van der Waals surface area contributed by atoms with Crippen molar-refractivity contribution in [1.82, 2.24) is 0 Å². The minimum atomic E-state index is -4.54. The van der Waals surface area contributed by atoms with Crippen molar-refractivity contribution in [1.29, 1.82) is 10.8 Å². The number of nitrogens with one attached hydrogen (secondary N) is 2. The molecule has 0 aromatic heterocycles. The highest BCUT2D eigenvalue weighted by molar-refractivity contribution is 5.87. The molecule has 1 aromatic rings. The lowest BCUT2D eigenvalue weighted by Crippen LogP contribution is -2.19. The molecule has 0 aliphatic rings. The second-order valence-corrected chi connectivity index (χ2v) is 4.39. The fourth-order valence-corrected chi connectivity index (χ4v) is 1.54. The maximum atomic E-state index is 13.6. The summed E-state index contributed by atoms with van der Waals surface area (Å²) in [6.07, 6.45) is -6.48. The van der Waals surface area contributed by atoms with Crippen LogP contribution in [0.4, 0.5) is 17.6 Å². The van der Waals surface area contributed by atoms with Gasteiger partial charge in [-0.25, -0.2) is 4.39 Å². The van der Waals surface area contributed by atoms with Crippen LogP contribution in [0.5, 0.6) is 5.75 Å². The first-order chi connectivity index (χ1) is 10.1. The third-order valence-electron chi connectivity index (χ3n) is 2.38. The highest BCUT2D eigenvalue weighted by atomic mass is 19.4. The summed E-state index contributed by atoms with van der Waals surface area (Å²) in [6, 6.07) is 2.79. The summed E-state index contributed by atoms with van der Waals surface area (Å²) in [7, 11) is 0. The molecule has 3 N–H and O–H groups in total. The van der Waals surface area contributed by atoms with E-state index in [1.807, 2.05) is 0 Å². The molecule has 1 unspecified atom stereocenters. The number of hydrogen-bond donors (Lipinski definition) is 3. The number of halogens is 4. The van der Waals surface area contributed by atoms with Crippen molar-refractivity contribution in [2.45, 2.75) is 25.6 Å².